The molecule has 120 valence electrons. The fourth-order valence-electron chi connectivity index (χ4n) is 3.60. The SMILES string of the molecule is Cc1nn(C)c(C)c1[C@@H]1CCCN1Cc1cc(C#N)ccc1F. The standard InChI is InChI=1S/C18H21FN4/c1-12-18(13(2)22(3)21-12)17-5-4-8-23(17)11-15-9-14(10-20)6-7-16(15)19/h6-7,9,17H,4-5,8,11H2,1-3H3/t17-/m0/s1. The van der Waals surface area contributed by atoms with Crippen LogP contribution in [-0.4, -0.2) is 21.2 Å². The average Bonchev–Trinajstić information content (AvgIpc) is 3.06. The van der Waals surface area contributed by atoms with Crippen LogP contribution in [0.5, 0.6) is 0 Å². The molecule has 1 aromatic heterocycles. The lowest BCUT2D eigenvalue weighted by Gasteiger charge is -2.25. The molecule has 23 heavy (non-hydrogen) atoms. The molecule has 1 fully saturated rings. The molecule has 1 atom stereocenters. The lowest BCUT2D eigenvalue weighted by atomic mass is 10.0. The van der Waals surface area contributed by atoms with Gasteiger partial charge in [-0.05, 0) is 51.4 Å². The van der Waals surface area contributed by atoms with E-state index in [1.54, 1.807) is 6.07 Å². The Hall–Kier alpha value is -2.19. The van der Waals surface area contributed by atoms with Crippen molar-refractivity contribution in [2.75, 3.05) is 6.54 Å². The molecule has 0 amide bonds. The summed E-state index contributed by atoms with van der Waals surface area (Å²) >= 11 is 0. The van der Waals surface area contributed by atoms with Crippen LogP contribution < -0.4 is 0 Å². The zero-order valence-corrected chi connectivity index (χ0v) is 13.8. The van der Waals surface area contributed by atoms with E-state index >= 15 is 0 Å². The summed E-state index contributed by atoms with van der Waals surface area (Å²) in [5.74, 6) is -0.241. The quantitative estimate of drug-likeness (QED) is 0.872. The monoisotopic (exact) mass is 312 g/mol. The number of benzene rings is 1. The van der Waals surface area contributed by atoms with Crippen molar-refractivity contribution < 1.29 is 4.39 Å². The smallest absolute Gasteiger partial charge is 0.127 e. The normalized spacial score (nSPS) is 18.3. The molecule has 4 nitrogen and oxygen atoms in total. The van der Waals surface area contributed by atoms with Crippen LogP contribution in [0.2, 0.25) is 0 Å². The van der Waals surface area contributed by atoms with Crippen molar-refractivity contribution in [1.29, 1.82) is 5.26 Å². The van der Waals surface area contributed by atoms with Crippen molar-refractivity contribution >= 4 is 0 Å². The molecule has 3 rings (SSSR count). The second-order valence-corrected chi connectivity index (χ2v) is 6.25. The number of halogens is 1. The van der Waals surface area contributed by atoms with Crippen LogP contribution in [0.15, 0.2) is 18.2 Å². The van der Waals surface area contributed by atoms with Gasteiger partial charge in [0.1, 0.15) is 5.82 Å². The number of nitrogens with zero attached hydrogens (tertiary/aromatic N) is 4. The highest BCUT2D eigenvalue weighted by Crippen LogP contribution is 2.36. The zero-order valence-electron chi connectivity index (χ0n) is 13.8. The molecule has 2 heterocycles. The van der Waals surface area contributed by atoms with E-state index in [1.807, 2.05) is 18.7 Å². The topological polar surface area (TPSA) is 44.9 Å². The van der Waals surface area contributed by atoms with Crippen LogP contribution in [0.4, 0.5) is 4.39 Å². The van der Waals surface area contributed by atoms with Gasteiger partial charge in [-0.3, -0.25) is 9.58 Å². The molecule has 2 aromatic rings. The van der Waals surface area contributed by atoms with Gasteiger partial charge in [0.2, 0.25) is 0 Å². The molecule has 0 saturated carbocycles. The summed E-state index contributed by atoms with van der Waals surface area (Å²) < 4.78 is 16.0. The predicted octanol–water partition coefficient (Wildman–Crippen LogP) is 3.38. The van der Waals surface area contributed by atoms with Gasteiger partial charge >= 0.3 is 0 Å². The number of nitriles is 1. The minimum absolute atomic E-state index is 0.241. The number of rotatable bonds is 3. The van der Waals surface area contributed by atoms with Gasteiger partial charge in [-0.15, -0.1) is 0 Å². The third-order valence-corrected chi connectivity index (χ3v) is 4.81. The first-order chi connectivity index (χ1) is 11.0. The van der Waals surface area contributed by atoms with Crippen molar-refractivity contribution in [3.8, 4) is 6.07 Å². The molecule has 1 aliphatic heterocycles. The lowest BCUT2D eigenvalue weighted by Crippen LogP contribution is -2.24. The summed E-state index contributed by atoms with van der Waals surface area (Å²) in [5.41, 5.74) is 4.58. The van der Waals surface area contributed by atoms with Gasteiger partial charge in [0.15, 0.2) is 0 Å². The summed E-state index contributed by atoms with van der Waals surface area (Å²) in [4.78, 5) is 2.30. The molecule has 0 N–H and O–H groups in total. The summed E-state index contributed by atoms with van der Waals surface area (Å²) in [6.45, 7) is 5.59. The van der Waals surface area contributed by atoms with Gasteiger partial charge in [-0.1, -0.05) is 0 Å². The van der Waals surface area contributed by atoms with Gasteiger partial charge < -0.3 is 0 Å². The Kier molecular flexibility index (Phi) is 4.18. The minimum Gasteiger partial charge on any atom is -0.292 e. The maximum absolute atomic E-state index is 14.1. The number of likely N-dealkylation sites (tertiary alicyclic amines) is 1. The molecule has 0 radical (unpaired) electrons. The first kappa shape index (κ1) is 15.7. The Morgan fingerprint density at radius 2 is 2.17 bits per heavy atom. The minimum atomic E-state index is -0.241. The van der Waals surface area contributed by atoms with Crippen molar-refractivity contribution in [1.82, 2.24) is 14.7 Å². The maximum Gasteiger partial charge on any atom is 0.127 e. The van der Waals surface area contributed by atoms with Crippen molar-refractivity contribution in [2.45, 2.75) is 39.3 Å². The average molecular weight is 312 g/mol. The lowest BCUT2D eigenvalue weighted by molar-refractivity contribution is 0.243. The summed E-state index contributed by atoms with van der Waals surface area (Å²) in [7, 11) is 1.96. The second-order valence-electron chi connectivity index (χ2n) is 6.25. The van der Waals surface area contributed by atoms with Crippen molar-refractivity contribution in [2.24, 2.45) is 7.05 Å². The summed E-state index contributed by atoms with van der Waals surface area (Å²) in [6.07, 6.45) is 2.16. The predicted molar refractivity (Wildman–Crippen MR) is 86.2 cm³/mol. The molecular formula is C18H21FN4. The molecule has 0 bridgehead atoms. The van der Waals surface area contributed by atoms with E-state index in [2.05, 4.69) is 23.0 Å². The van der Waals surface area contributed by atoms with Crippen LogP contribution in [0.1, 0.15) is 47.0 Å². The van der Waals surface area contributed by atoms with Gasteiger partial charge in [0, 0.05) is 36.5 Å². The largest absolute Gasteiger partial charge is 0.292 e. The molecule has 0 aliphatic carbocycles. The fourth-order valence-corrected chi connectivity index (χ4v) is 3.60. The zero-order chi connectivity index (χ0) is 16.6. The van der Waals surface area contributed by atoms with Gasteiger partial charge in [0.25, 0.3) is 0 Å². The Labute approximate surface area is 136 Å². The Morgan fingerprint density at radius 3 is 2.83 bits per heavy atom. The third-order valence-electron chi connectivity index (χ3n) is 4.81. The van der Waals surface area contributed by atoms with Gasteiger partial charge in [-0.25, -0.2) is 4.39 Å². The maximum atomic E-state index is 14.1. The van der Waals surface area contributed by atoms with Crippen LogP contribution in [0, 0.1) is 31.0 Å². The molecule has 0 unspecified atom stereocenters. The molecule has 1 aliphatic rings. The molecule has 1 aromatic carbocycles. The van der Waals surface area contributed by atoms with E-state index in [1.165, 1.54) is 23.4 Å². The van der Waals surface area contributed by atoms with Crippen LogP contribution >= 0.6 is 0 Å². The van der Waals surface area contributed by atoms with Gasteiger partial charge in [-0.2, -0.15) is 10.4 Å². The Morgan fingerprint density at radius 1 is 1.39 bits per heavy atom. The van der Waals surface area contributed by atoms with E-state index in [-0.39, 0.29) is 11.9 Å². The van der Waals surface area contributed by atoms with Crippen LogP contribution in [0.25, 0.3) is 0 Å². The second kappa shape index (κ2) is 6.13. The molecule has 0 spiro atoms. The van der Waals surface area contributed by atoms with Crippen LogP contribution in [0.3, 0.4) is 0 Å². The fraction of sp³-hybridized carbons (Fsp3) is 0.444. The van der Waals surface area contributed by atoms with Crippen LogP contribution in [-0.2, 0) is 13.6 Å². The number of hydrogen-bond donors (Lipinski definition) is 0. The molecule has 5 heteroatoms. The van der Waals surface area contributed by atoms with E-state index in [0.29, 0.717) is 17.7 Å². The van der Waals surface area contributed by atoms with E-state index in [4.69, 9.17) is 5.26 Å². The summed E-state index contributed by atoms with van der Waals surface area (Å²) in [6, 6.07) is 6.93. The van der Waals surface area contributed by atoms with E-state index in [0.717, 1.165) is 25.1 Å². The highest BCUT2D eigenvalue weighted by molar-refractivity contribution is 5.34. The number of aromatic nitrogens is 2. The number of hydrogen-bond acceptors (Lipinski definition) is 3. The summed E-state index contributed by atoms with van der Waals surface area (Å²) in [5, 5.41) is 13.5. The first-order valence-electron chi connectivity index (χ1n) is 7.94. The Bertz CT molecular complexity index is 772. The molecular weight excluding hydrogens is 291 g/mol. The Balaban J connectivity index is 1.90. The third kappa shape index (κ3) is 2.87. The van der Waals surface area contributed by atoms with Crippen molar-refractivity contribution in [3.05, 3.63) is 52.1 Å². The number of aryl methyl sites for hydroxylation is 2. The van der Waals surface area contributed by atoms with E-state index in [9.17, 15) is 4.39 Å². The first-order valence-corrected chi connectivity index (χ1v) is 7.94. The van der Waals surface area contributed by atoms with Gasteiger partial charge in [0.05, 0.1) is 17.3 Å². The highest BCUT2D eigenvalue weighted by atomic mass is 19.1. The molecule has 1 saturated heterocycles. The van der Waals surface area contributed by atoms with E-state index < -0.39 is 0 Å². The van der Waals surface area contributed by atoms with Crippen molar-refractivity contribution in [3.63, 3.8) is 0 Å². The highest BCUT2D eigenvalue weighted by Gasteiger charge is 2.30.